The molecular formula is C20H24BrNO6S2. The first-order valence-corrected chi connectivity index (χ1v) is 13.1. The van der Waals surface area contributed by atoms with E-state index >= 15 is 0 Å². The largest absolute Gasteiger partial charge is 0.373 e. The van der Waals surface area contributed by atoms with Gasteiger partial charge in [0.1, 0.15) is 0 Å². The zero-order valence-electron chi connectivity index (χ0n) is 16.7. The molecule has 0 spiro atoms. The summed E-state index contributed by atoms with van der Waals surface area (Å²) in [6, 6.07) is 13.1. The van der Waals surface area contributed by atoms with E-state index in [0.717, 1.165) is 11.1 Å². The first-order valence-electron chi connectivity index (χ1n) is 9.38. The second kappa shape index (κ2) is 9.46. The van der Waals surface area contributed by atoms with Crippen LogP contribution in [-0.2, 0) is 29.1 Å². The highest BCUT2D eigenvalue weighted by Gasteiger charge is 2.38. The molecule has 0 radical (unpaired) electrons. The summed E-state index contributed by atoms with van der Waals surface area (Å²) in [6.45, 7) is 4.07. The number of aryl methyl sites for hydroxylation is 2. The Balaban J connectivity index is 1.53. The summed E-state index contributed by atoms with van der Waals surface area (Å²) in [7, 11) is -7.48. The molecule has 1 saturated heterocycles. The van der Waals surface area contributed by atoms with Gasteiger partial charge in [0, 0.05) is 13.1 Å². The Morgan fingerprint density at radius 1 is 0.867 bits per heavy atom. The Morgan fingerprint density at radius 2 is 1.40 bits per heavy atom. The molecule has 1 aliphatic heterocycles. The zero-order valence-corrected chi connectivity index (χ0v) is 19.9. The Labute approximate surface area is 186 Å². The summed E-state index contributed by atoms with van der Waals surface area (Å²) in [4.78, 5) is 0.120. The first-order chi connectivity index (χ1) is 14.1. The van der Waals surface area contributed by atoms with E-state index in [1.807, 2.05) is 13.8 Å². The highest BCUT2D eigenvalue weighted by atomic mass is 79.9. The minimum absolute atomic E-state index is 0.0241. The summed E-state index contributed by atoms with van der Waals surface area (Å²) >= 11 is 3.47. The van der Waals surface area contributed by atoms with E-state index in [9.17, 15) is 16.8 Å². The number of hydrogen-bond acceptors (Lipinski definition) is 6. The van der Waals surface area contributed by atoms with Gasteiger partial charge in [0.2, 0.25) is 10.0 Å². The molecule has 1 fully saturated rings. The topological polar surface area (TPSA) is 90.0 Å². The summed E-state index contributed by atoms with van der Waals surface area (Å²) < 4.78 is 62.1. The van der Waals surface area contributed by atoms with Gasteiger partial charge in [0.15, 0.2) is 0 Å². The fourth-order valence-corrected chi connectivity index (χ4v) is 6.26. The van der Waals surface area contributed by atoms with E-state index in [-0.39, 0.29) is 40.9 Å². The lowest BCUT2D eigenvalue weighted by Crippen LogP contribution is -2.30. The van der Waals surface area contributed by atoms with Crippen LogP contribution in [0.15, 0.2) is 58.3 Å². The zero-order chi connectivity index (χ0) is 21.9. The molecule has 3 rings (SSSR count). The highest BCUT2D eigenvalue weighted by Crippen LogP contribution is 2.27. The van der Waals surface area contributed by atoms with Gasteiger partial charge in [-0.15, -0.1) is 0 Å². The quantitative estimate of drug-likeness (QED) is 0.303. The summed E-state index contributed by atoms with van der Waals surface area (Å²) in [6.07, 6.45) is -0.407. The predicted octanol–water partition coefficient (Wildman–Crippen LogP) is 2.86. The Bertz CT molecular complexity index is 1070. The van der Waals surface area contributed by atoms with Gasteiger partial charge >= 0.3 is 0 Å². The van der Waals surface area contributed by atoms with Crippen LogP contribution in [0.4, 0.5) is 0 Å². The molecular weight excluding hydrogens is 494 g/mol. The van der Waals surface area contributed by atoms with Crippen molar-refractivity contribution in [1.82, 2.24) is 4.31 Å². The molecule has 2 unspecified atom stereocenters. The van der Waals surface area contributed by atoms with Crippen LogP contribution in [0.1, 0.15) is 11.1 Å². The number of ether oxygens (including phenoxy) is 1. The van der Waals surface area contributed by atoms with Crippen LogP contribution in [-0.4, -0.2) is 58.4 Å². The second-order valence-corrected chi connectivity index (χ2v) is 11.9. The maximum atomic E-state index is 12.8. The van der Waals surface area contributed by atoms with Crippen molar-refractivity contribution in [3.63, 3.8) is 0 Å². The molecule has 2 atom stereocenters. The van der Waals surface area contributed by atoms with Crippen molar-refractivity contribution in [2.24, 2.45) is 0 Å². The van der Waals surface area contributed by atoms with Crippen molar-refractivity contribution in [3.8, 4) is 0 Å². The highest BCUT2D eigenvalue weighted by molar-refractivity contribution is 9.09. The molecule has 10 heteroatoms. The van der Waals surface area contributed by atoms with Gasteiger partial charge in [0.25, 0.3) is 10.1 Å². The van der Waals surface area contributed by atoms with E-state index in [1.54, 1.807) is 36.4 Å². The van der Waals surface area contributed by atoms with Gasteiger partial charge in [-0.3, -0.25) is 4.18 Å². The third-order valence-electron chi connectivity index (χ3n) is 4.79. The van der Waals surface area contributed by atoms with Crippen LogP contribution >= 0.6 is 15.9 Å². The van der Waals surface area contributed by atoms with Crippen molar-refractivity contribution in [2.45, 2.75) is 34.6 Å². The van der Waals surface area contributed by atoms with Crippen LogP contribution in [0.3, 0.4) is 0 Å². The van der Waals surface area contributed by atoms with Crippen LogP contribution in [0, 0.1) is 13.8 Å². The molecule has 1 heterocycles. The van der Waals surface area contributed by atoms with Crippen LogP contribution in [0.2, 0.25) is 0 Å². The molecule has 1 aliphatic rings. The fourth-order valence-electron chi connectivity index (χ4n) is 3.03. The van der Waals surface area contributed by atoms with Crippen molar-refractivity contribution < 1.29 is 25.8 Å². The molecule has 0 bridgehead atoms. The van der Waals surface area contributed by atoms with Crippen molar-refractivity contribution in [1.29, 1.82) is 0 Å². The monoisotopic (exact) mass is 517 g/mol. The molecule has 2 aromatic rings. The number of hydrogen-bond donors (Lipinski definition) is 0. The summed E-state index contributed by atoms with van der Waals surface area (Å²) in [5.74, 6) is 0. The van der Waals surface area contributed by atoms with Crippen molar-refractivity contribution in [2.75, 3.05) is 26.3 Å². The van der Waals surface area contributed by atoms with Crippen molar-refractivity contribution in [3.05, 3.63) is 59.7 Å². The lowest BCUT2D eigenvalue weighted by atomic mass is 10.2. The molecule has 0 aromatic heterocycles. The van der Waals surface area contributed by atoms with Crippen LogP contribution in [0.5, 0.6) is 0 Å². The van der Waals surface area contributed by atoms with Crippen molar-refractivity contribution >= 4 is 36.1 Å². The smallest absolute Gasteiger partial charge is 0.297 e. The van der Waals surface area contributed by atoms with Gasteiger partial charge in [-0.25, -0.2) is 8.42 Å². The average molecular weight is 518 g/mol. The number of halogens is 1. The molecule has 0 amide bonds. The molecule has 0 aliphatic carbocycles. The van der Waals surface area contributed by atoms with E-state index in [2.05, 4.69) is 15.9 Å². The number of nitrogens with zero attached hydrogens (tertiary/aromatic N) is 1. The lowest BCUT2D eigenvalue weighted by molar-refractivity contribution is 0.0472. The molecule has 30 heavy (non-hydrogen) atoms. The molecule has 0 N–H and O–H groups in total. The number of alkyl halides is 1. The van der Waals surface area contributed by atoms with Gasteiger partial charge in [-0.1, -0.05) is 51.3 Å². The maximum absolute atomic E-state index is 12.8. The SMILES string of the molecule is Cc1ccc(S(=O)(=O)OCCOC2CN(S(=O)(=O)c3ccc(C)cc3)CC2Br)cc1. The third-order valence-corrected chi connectivity index (χ3v) is 8.84. The second-order valence-electron chi connectivity index (χ2n) is 7.15. The first kappa shape index (κ1) is 23.4. The van der Waals surface area contributed by atoms with E-state index in [1.165, 1.54) is 16.4 Å². The maximum Gasteiger partial charge on any atom is 0.297 e. The predicted molar refractivity (Wildman–Crippen MR) is 117 cm³/mol. The number of rotatable bonds is 8. The summed E-state index contributed by atoms with van der Waals surface area (Å²) in [5.41, 5.74) is 1.93. The fraction of sp³-hybridized carbons (Fsp3) is 0.400. The molecule has 164 valence electrons. The van der Waals surface area contributed by atoms with Crippen LogP contribution < -0.4 is 0 Å². The molecule has 0 saturated carbocycles. The number of benzene rings is 2. The van der Waals surface area contributed by atoms with E-state index in [4.69, 9.17) is 8.92 Å². The lowest BCUT2D eigenvalue weighted by Gasteiger charge is -2.17. The number of sulfonamides is 1. The van der Waals surface area contributed by atoms with Gasteiger partial charge in [-0.2, -0.15) is 12.7 Å². The van der Waals surface area contributed by atoms with Crippen LogP contribution in [0.25, 0.3) is 0 Å². The van der Waals surface area contributed by atoms with Gasteiger partial charge in [-0.05, 0) is 38.1 Å². The Morgan fingerprint density at radius 3 is 1.97 bits per heavy atom. The summed E-state index contributed by atoms with van der Waals surface area (Å²) in [5, 5.41) is 0. The van der Waals surface area contributed by atoms with Gasteiger partial charge in [0.05, 0.1) is 33.9 Å². The van der Waals surface area contributed by atoms with E-state index in [0.29, 0.717) is 0 Å². The third kappa shape index (κ3) is 5.49. The van der Waals surface area contributed by atoms with Gasteiger partial charge < -0.3 is 4.74 Å². The molecule has 2 aromatic carbocycles. The normalized spacial score (nSPS) is 20.5. The minimum Gasteiger partial charge on any atom is -0.373 e. The van der Waals surface area contributed by atoms with E-state index < -0.39 is 26.2 Å². The molecule has 7 nitrogen and oxygen atoms in total. The minimum atomic E-state index is -3.86. The average Bonchev–Trinajstić information content (AvgIpc) is 3.07. The standard InChI is InChI=1S/C20H24BrNO6S2/c1-15-3-7-17(8-4-15)29(23,24)22-13-19(21)20(14-22)27-11-12-28-30(25,26)18-9-5-16(2)6-10-18/h3-10,19-20H,11-14H2,1-2H3. The Hall–Kier alpha value is -1.30. The Kier molecular flexibility index (Phi) is 7.36.